The van der Waals surface area contributed by atoms with Crippen LogP contribution in [0.3, 0.4) is 0 Å². The summed E-state index contributed by atoms with van der Waals surface area (Å²) >= 11 is 1.84. The average molecular weight is 1230 g/mol. The molecule has 0 unspecified atom stereocenters. The van der Waals surface area contributed by atoms with Crippen molar-refractivity contribution in [3.05, 3.63) is 315 Å². The van der Waals surface area contributed by atoms with Gasteiger partial charge < -0.3 is 14.4 Å². The summed E-state index contributed by atoms with van der Waals surface area (Å²) < 4.78 is 4.89. The summed E-state index contributed by atoms with van der Waals surface area (Å²) in [6, 6.07) is 112. The first-order chi connectivity index (χ1) is 47.1. The summed E-state index contributed by atoms with van der Waals surface area (Å²) in [6.45, 7) is -0.0575. The molecule has 2 aliphatic heterocycles. The summed E-state index contributed by atoms with van der Waals surface area (Å²) in [5.74, 6) is 3.21. The first kappa shape index (κ1) is 54.3. The average Bonchev–Trinajstić information content (AvgIpc) is 1.71. The Bertz CT molecular complexity index is 5820. The minimum Gasteiger partial charge on any atom is -0.311 e. The van der Waals surface area contributed by atoms with Crippen molar-refractivity contribution in [1.82, 2.24) is 34.5 Å². The molecule has 0 atom stereocenters. The summed E-state index contributed by atoms with van der Waals surface area (Å²) in [4.78, 5) is 37.3. The number of anilines is 6. The number of hydrogen-bond donors (Lipinski definition) is 0. The summed E-state index contributed by atoms with van der Waals surface area (Å²) in [5.41, 5.74) is 20.6. The van der Waals surface area contributed by atoms with Crippen LogP contribution in [0.5, 0.6) is 0 Å². The Morgan fingerprint density at radius 1 is 0.284 bits per heavy atom. The van der Waals surface area contributed by atoms with Crippen molar-refractivity contribution in [2.24, 2.45) is 0 Å². The molecule has 2 aliphatic rings. The lowest BCUT2D eigenvalue weighted by atomic mass is 9.33. The predicted octanol–water partition coefficient (Wildman–Crippen LogP) is 19.3. The Morgan fingerprint density at radius 3 is 1.39 bits per heavy atom. The third-order valence-corrected chi connectivity index (χ3v) is 19.9. The van der Waals surface area contributed by atoms with Gasteiger partial charge in [0.25, 0.3) is 6.71 Å². The summed E-state index contributed by atoms with van der Waals surface area (Å²) in [6.07, 6.45) is 0. The number of hydrogen-bond acceptors (Lipinski definition) is 9. The lowest BCUT2D eigenvalue weighted by Crippen LogP contribution is -2.61. The van der Waals surface area contributed by atoms with E-state index < -0.39 is 0 Å². The Balaban J connectivity index is 0.854. The van der Waals surface area contributed by atoms with Gasteiger partial charge in [0.1, 0.15) is 0 Å². The van der Waals surface area contributed by atoms with Gasteiger partial charge in [-0.2, -0.15) is 0 Å². The van der Waals surface area contributed by atoms with Gasteiger partial charge in [-0.1, -0.05) is 231 Å². The molecular weight excluding hydrogens is 1180 g/mol. The van der Waals surface area contributed by atoms with Crippen LogP contribution in [0, 0.1) is 0 Å². The molecule has 9 nitrogen and oxygen atoms in total. The van der Waals surface area contributed by atoms with E-state index in [4.69, 9.17) is 29.9 Å². The lowest BCUT2D eigenvalue weighted by Gasteiger charge is -2.45. The van der Waals surface area contributed by atoms with Crippen molar-refractivity contribution in [2.75, 3.05) is 9.80 Å². The zero-order valence-electron chi connectivity index (χ0n) is 51.0. The van der Waals surface area contributed by atoms with E-state index in [-0.39, 0.29) is 6.71 Å². The minimum atomic E-state index is -0.0575. The van der Waals surface area contributed by atoms with Gasteiger partial charge in [0.15, 0.2) is 34.9 Å². The molecule has 0 radical (unpaired) electrons. The zero-order chi connectivity index (χ0) is 62.5. The van der Waals surface area contributed by atoms with E-state index in [1.807, 2.05) is 90.2 Å². The smallest absolute Gasteiger partial charge is 0.252 e. The van der Waals surface area contributed by atoms with E-state index in [0.29, 0.717) is 34.9 Å². The van der Waals surface area contributed by atoms with Gasteiger partial charge in [-0.15, -0.1) is 11.3 Å². The second kappa shape index (κ2) is 22.2. The molecule has 0 saturated carbocycles. The maximum absolute atomic E-state index is 5.70. The van der Waals surface area contributed by atoms with Crippen molar-refractivity contribution in [3.8, 4) is 85.1 Å². The number of thiophene rings is 1. The second-order valence-electron chi connectivity index (χ2n) is 24.1. The molecule has 95 heavy (non-hydrogen) atoms. The first-order valence-electron chi connectivity index (χ1n) is 32.0. The van der Waals surface area contributed by atoms with Crippen molar-refractivity contribution in [2.45, 2.75) is 0 Å². The number of aromatic nitrogens is 7. The molecular formula is C84H52BN9S. The molecule has 0 fully saturated rings. The highest BCUT2D eigenvalue weighted by molar-refractivity contribution is 7.26. The standard InChI is InChI=1S/C84H52BN9S/c1-6-25-53(26-7-1)79-86-80(54-27-8-2-9-28-54)88-83(87-79)58-45-48-69(94-68-41-20-16-38-64(68)75-72(94)49-47-63-62-37-17-23-44-74(62)95-78(63)75)65(52-58)84-90-81(55-29-10-3-11-30-55)89-82(91-84)57-32-24-31-56(51-57)61-46-50-73-76-77(61)93(60-35-14-5-15-36-60)71-43-22-19-40-67(71)85(76)66-39-18-21-42-70(66)92(73)59-33-12-4-13-34-59/h1-52H. The topological polar surface area (TPSA) is 88.8 Å². The largest absolute Gasteiger partial charge is 0.311 e. The van der Waals surface area contributed by atoms with Gasteiger partial charge in [-0.25, -0.2) is 29.9 Å². The van der Waals surface area contributed by atoms with Crippen LogP contribution >= 0.6 is 11.3 Å². The van der Waals surface area contributed by atoms with Gasteiger partial charge in [0.2, 0.25) is 0 Å². The van der Waals surface area contributed by atoms with Crippen LogP contribution in [-0.2, 0) is 0 Å². The molecule has 13 aromatic carbocycles. The van der Waals surface area contributed by atoms with Crippen molar-refractivity contribution >= 4 is 111 Å². The molecule has 6 heterocycles. The van der Waals surface area contributed by atoms with E-state index in [0.717, 1.165) is 95.1 Å². The third kappa shape index (κ3) is 8.92. The fourth-order valence-electron chi connectivity index (χ4n) is 14.5. The van der Waals surface area contributed by atoms with Crippen LogP contribution in [0.4, 0.5) is 34.1 Å². The van der Waals surface area contributed by atoms with Crippen molar-refractivity contribution in [3.63, 3.8) is 0 Å². The third-order valence-electron chi connectivity index (χ3n) is 18.7. The van der Waals surface area contributed by atoms with E-state index in [1.54, 1.807) is 0 Å². The van der Waals surface area contributed by atoms with Crippen LogP contribution in [-0.4, -0.2) is 41.2 Å². The molecule has 0 amide bonds. The van der Waals surface area contributed by atoms with Crippen LogP contribution < -0.4 is 26.2 Å². The van der Waals surface area contributed by atoms with E-state index in [1.165, 1.54) is 47.6 Å². The second-order valence-corrected chi connectivity index (χ2v) is 25.1. The van der Waals surface area contributed by atoms with Gasteiger partial charge >= 0.3 is 0 Å². The number of fused-ring (bicyclic) bond motifs is 11. The van der Waals surface area contributed by atoms with E-state index in [9.17, 15) is 0 Å². The molecule has 442 valence electrons. The molecule has 11 heteroatoms. The number of para-hydroxylation sites is 5. The first-order valence-corrected chi connectivity index (χ1v) is 32.8. The van der Waals surface area contributed by atoms with Gasteiger partial charge in [0, 0.05) is 98.3 Å². The molecule has 0 bridgehead atoms. The Kier molecular flexibility index (Phi) is 12.7. The fraction of sp³-hybridized carbons (Fsp3) is 0. The molecule has 0 N–H and O–H groups in total. The maximum Gasteiger partial charge on any atom is 0.252 e. The molecule has 0 aliphatic carbocycles. The SMILES string of the molecule is c1ccc(-c2nc(-c3ccccc3)nc(-c3ccc(-n4c5ccccc5c5c6sc7ccccc7c6ccc54)c(-c4nc(-c5ccccc5)nc(-c5cccc(-c6ccc7c8c6N(c6ccccc6)c6ccccc6B8c6ccccc6N7c6ccccc6)c5)n4)c3)n2)cc1. The quantitative estimate of drug-likeness (QED) is 0.125. The van der Waals surface area contributed by atoms with Crippen molar-refractivity contribution < 1.29 is 0 Å². The van der Waals surface area contributed by atoms with Crippen LogP contribution in [0.15, 0.2) is 315 Å². The summed E-state index contributed by atoms with van der Waals surface area (Å²) in [7, 11) is 0. The molecule has 17 aromatic rings. The Labute approximate surface area is 552 Å². The normalized spacial score (nSPS) is 12.4. The molecule has 0 saturated heterocycles. The van der Waals surface area contributed by atoms with Crippen LogP contribution in [0.25, 0.3) is 127 Å². The molecule has 0 spiro atoms. The molecule has 4 aromatic heterocycles. The zero-order valence-corrected chi connectivity index (χ0v) is 51.8. The van der Waals surface area contributed by atoms with E-state index >= 15 is 0 Å². The van der Waals surface area contributed by atoms with Gasteiger partial charge in [-0.3, -0.25) is 0 Å². The highest BCUT2D eigenvalue weighted by Crippen LogP contribution is 2.49. The number of rotatable bonds is 10. The fourth-order valence-corrected chi connectivity index (χ4v) is 15.8. The Morgan fingerprint density at radius 2 is 0.758 bits per heavy atom. The van der Waals surface area contributed by atoms with Crippen LogP contribution in [0.1, 0.15) is 0 Å². The maximum atomic E-state index is 5.70. The number of benzene rings is 13. The van der Waals surface area contributed by atoms with Crippen LogP contribution in [0.2, 0.25) is 0 Å². The van der Waals surface area contributed by atoms with Crippen molar-refractivity contribution in [1.29, 1.82) is 0 Å². The Hall–Kier alpha value is -12.4. The monoisotopic (exact) mass is 1230 g/mol. The predicted molar refractivity (Wildman–Crippen MR) is 393 cm³/mol. The number of nitrogens with zero attached hydrogens (tertiary/aromatic N) is 9. The lowest BCUT2D eigenvalue weighted by molar-refractivity contribution is 1.06. The highest BCUT2D eigenvalue weighted by atomic mass is 32.1. The molecule has 19 rings (SSSR count). The van der Waals surface area contributed by atoms with Gasteiger partial charge in [0.05, 0.1) is 22.4 Å². The highest BCUT2D eigenvalue weighted by Gasteiger charge is 2.44. The van der Waals surface area contributed by atoms with E-state index in [2.05, 4.69) is 251 Å². The van der Waals surface area contributed by atoms with Gasteiger partial charge in [-0.05, 0) is 107 Å². The minimum absolute atomic E-state index is 0.0575. The summed E-state index contributed by atoms with van der Waals surface area (Å²) in [5, 5.41) is 4.85.